The summed E-state index contributed by atoms with van der Waals surface area (Å²) in [7, 11) is 1.61. The van der Waals surface area contributed by atoms with Gasteiger partial charge in [0.15, 0.2) is 0 Å². The maximum Gasteiger partial charge on any atom is 0.234 e. The number of nitriles is 1. The normalized spacial score (nSPS) is 9.45. The van der Waals surface area contributed by atoms with Crippen LogP contribution in [0.1, 0.15) is 5.82 Å². The molecule has 0 saturated carbocycles. The van der Waals surface area contributed by atoms with Gasteiger partial charge in [0.1, 0.15) is 12.4 Å². The van der Waals surface area contributed by atoms with E-state index in [1.807, 2.05) is 6.07 Å². The van der Waals surface area contributed by atoms with Crippen molar-refractivity contribution in [2.45, 2.75) is 6.54 Å². The van der Waals surface area contributed by atoms with Gasteiger partial charge in [-0.25, -0.2) is 0 Å². The third-order valence-electron chi connectivity index (χ3n) is 1.25. The average Bonchev–Trinajstić information content (AvgIpc) is 2.47. The molecule has 1 aromatic rings. The van der Waals surface area contributed by atoms with E-state index in [-0.39, 0.29) is 0 Å². The largest absolute Gasteiger partial charge is 0.383 e. The minimum absolute atomic E-state index is 0.321. The van der Waals surface area contributed by atoms with E-state index in [1.165, 1.54) is 6.33 Å². The van der Waals surface area contributed by atoms with Gasteiger partial charge in [-0.15, -0.1) is 10.2 Å². The van der Waals surface area contributed by atoms with E-state index in [0.717, 1.165) is 0 Å². The van der Waals surface area contributed by atoms with Gasteiger partial charge in [0, 0.05) is 13.7 Å². The molecule has 5 nitrogen and oxygen atoms in total. The maximum absolute atomic E-state index is 8.49. The van der Waals surface area contributed by atoms with Crippen LogP contribution in [0.5, 0.6) is 0 Å². The number of ether oxygens (including phenoxy) is 1. The molecule has 0 bridgehead atoms. The standard InChI is InChI=1S/C6H8N4O/c1-11-3-2-10-5-8-9-6(10)4-7/h5H,2-3H2,1H3. The molecule has 0 aromatic carbocycles. The summed E-state index contributed by atoms with van der Waals surface area (Å²) in [6.07, 6.45) is 1.51. The molecule has 1 rings (SSSR count). The van der Waals surface area contributed by atoms with Crippen LogP contribution in [-0.4, -0.2) is 28.5 Å². The van der Waals surface area contributed by atoms with Gasteiger partial charge in [-0.3, -0.25) is 0 Å². The third-order valence-corrected chi connectivity index (χ3v) is 1.25. The molecular weight excluding hydrogens is 144 g/mol. The molecule has 1 aromatic heterocycles. The SMILES string of the molecule is COCCn1cnnc1C#N. The summed E-state index contributed by atoms with van der Waals surface area (Å²) >= 11 is 0. The molecule has 0 fully saturated rings. The number of methoxy groups -OCH3 is 1. The molecule has 0 N–H and O–H groups in total. The van der Waals surface area contributed by atoms with Gasteiger partial charge in [-0.2, -0.15) is 5.26 Å². The third kappa shape index (κ3) is 1.75. The van der Waals surface area contributed by atoms with Gasteiger partial charge in [-0.1, -0.05) is 0 Å². The number of rotatable bonds is 3. The van der Waals surface area contributed by atoms with Crippen molar-refractivity contribution in [2.75, 3.05) is 13.7 Å². The Balaban J connectivity index is 2.63. The van der Waals surface area contributed by atoms with Crippen LogP contribution < -0.4 is 0 Å². The number of hydrogen-bond donors (Lipinski definition) is 0. The zero-order valence-electron chi connectivity index (χ0n) is 6.19. The van der Waals surface area contributed by atoms with E-state index in [1.54, 1.807) is 11.7 Å². The monoisotopic (exact) mass is 152 g/mol. The first-order valence-electron chi connectivity index (χ1n) is 3.15. The Kier molecular flexibility index (Phi) is 2.58. The molecule has 11 heavy (non-hydrogen) atoms. The Morgan fingerprint density at radius 1 is 1.82 bits per heavy atom. The summed E-state index contributed by atoms with van der Waals surface area (Å²) in [5, 5.41) is 15.7. The molecular formula is C6H8N4O. The second-order valence-corrected chi connectivity index (χ2v) is 1.95. The summed E-state index contributed by atoms with van der Waals surface area (Å²) in [4.78, 5) is 0. The van der Waals surface area contributed by atoms with Gasteiger partial charge >= 0.3 is 0 Å². The first-order chi connectivity index (χ1) is 5.38. The van der Waals surface area contributed by atoms with Crippen LogP contribution in [0.25, 0.3) is 0 Å². The zero-order chi connectivity index (χ0) is 8.10. The molecule has 0 aliphatic carbocycles. The Bertz CT molecular complexity index is 262. The molecule has 0 aliphatic rings. The van der Waals surface area contributed by atoms with Crippen molar-refractivity contribution in [3.63, 3.8) is 0 Å². The quantitative estimate of drug-likeness (QED) is 0.601. The van der Waals surface area contributed by atoms with Gasteiger partial charge in [0.2, 0.25) is 5.82 Å². The Morgan fingerprint density at radius 3 is 3.27 bits per heavy atom. The van der Waals surface area contributed by atoms with Crippen molar-refractivity contribution in [3.05, 3.63) is 12.2 Å². The molecule has 0 saturated heterocycles. The van der Waals surface area contributed by atoms with E-state index >= 15 is 0 Å². The minimum atomic E-state index is 0.321. The van der Waals surface area contributed by atoms with Crippen LogP contribution in [0, 0.1) is 11.3 Å². The molecule has 0 unspecified atom stereocenters. The molecule has 0 spiro atoms. The summed E-state index contributed by atoms with van der Waals surface area (Å²) < 4.78 is 6.47. The highest BCUT2D eigenvalue weighted by atomic mass is 16.5. The highest BCUT2D eigenvalue weighted by Gasteiger charge is 1.99. The lowest BCUT2D eigenvalue weighted by Gasteiger charge is -1.98. The second-order valence-electron chi connectivity index (χ2n) is 1.95. The molecule has 0 atom stereocenters. The number of nitrogens with zero attached hydrogens (tertiary/aromatic N) is 4. The Hall–Kier alpha value is -1.41. The Morgan fingerprint density at radius 2 is 2.64 bits per heavy atom. The van der Waals surface area contributed by atoms with Crippen molar-refractivity contribution >= 4 is 0 Å². The molecule has 0 radical (unpaired) electrons. The maximum atomic E-state index is 8.49. The topological polar surface area (TPSA) is 63.7 Å². The minimum Gasteiger partial charge on any atom is -0.383 e. The number of hydrogen-bond acceptors (Lipinski definition) is 4. The van der Waals surface area contributed by atoms with Gasteiger partial charge in [0.05, 0.1) is 6.61 Å². The van der Waals surface area contributed by atoms with Crippen molar-refractivity contribution in [1.82, 2.24) is 14.8 Å². The van der Waals surface area contributed by atoms with Gasteiger partial charge in [-0.05, 0) is 0 Å². The Labute approximate surface area is 64.2 Å². The summed E-state index contributed by atoms with van der Waals surface area (Å²) in [6, 6.07) is 1.92. The van der Waals surface area contributed by atoms with Crippen LogP contribution in [0.2, 0.25) is 0 Å². The first-order valence-corrected chi connectivity index (χ1v) is 3.15. The van der Waals surface area contributed by atoms with Crippen molar-refractivity contribution < 1.29 is 4.74 Å². The van der Waals surface area contributed by atoms with E-state index in [4.69, 9.17) is 10.00 Å². The fourth-order valence-electron chi connectivity index (χ4n) is 0.695. The van der Waals surface area contributed by atoms with Crippen molar-refractivity contribution in [1.29, 1.82) is 5.26 Å². The van der Waals surface area contributed by atoms with Crippen LogP contribution in [0.3, 0.4) is 0 Å². The lowest BCUT2D eigenvalue weighted by molar-refractivity contribution is 0.187. The summed E-state index contributed by atoms with van der Waals surface area (Å²) in [6.45, 7) is 1.18. The van der Waals surface area contributed by atoms with Crippen molar-refractivity contribution in [2.24, 2.45) is 0 Å². The van der Waals surface area contributed by atoms with Crippen LogP contribution in [0.4, 0.5) is 0 Å². The van der Waals surface area contributed by atoms with E-state index in [0.29, 0.717) is 19.0 Å². The number of aromatic nitrogens is 3. The predicted molar refractivity (Wildman–Crippen MR) is 36.6 cm³/mol. The fraction of sp³-hybridized carbons (Fsp3) is 0.500. The highest BCUT2D eigenvalue weighted by Crippen LogP contribution is 1.91. The molecule has 58 valence electrons. The van der Waals surface area contributed by atoms with Gasteiger partial charge in [0.25, 0.3) is 0 Å². The van der Waals surface area contributed by atoms with Gasteiger partial charge < -0.3 is 9.30 Å². The zero-order valence-corrected chi connectivity index (χ0v) is 6.19. The first kappa shape index (κ1) is 7.69. The van der Waals surface area contributed by atoms with Crippen molar-refractivity contribution in [3.8, 4) is 6.07 Å². The molecule has 5 heteroatoms. The van der Waals surface area contributed by atoms with Crippen LogP contribution in [0.15, 0.2) is 6.33 Å². The lowest BCUT2D eigenvalue weighted by atomic mass is 10.6. The lowest BCUT2D eigenvalue weighted by Crippen LogP contribution is -2.05. The predicted octanol–water partition coefficient (Wildman–Crippen LogP) is -0.204. The molecule has 0 aliphatic heterocycles. The molecule has 0 amide bonds. The highest BCUT2D eigenvalue weighted by molar-refractivity contribution is 5.07. The summed E-state index contributed by atoms with van der Waals surface area (Å²) in [5.41, 5.74) is 0. The van der Waals surface area contributed by atoms with E-state index in [2.05, 4.69) is 10.2 Å². The molecule has 1 heterocycles. The fourth-order valence-corrected chi connectivity index (χ4v) is 0.695. The van der Waals surface area contributed by atoms with Crippen LogP contribution >= 0.6 is 0 Å². The van der Waals surface area contributed by atoms with Crippen LogP contribution in [-0.2, 0) is 11.3 Å². The summed E-state index contributed by atoms with van der Waals surface area (Å²) in [5.74, 6) is 0.321. The average molecular weight is 152 g/mol. The smallest absolute Gasteiger partial charge is 0.234 e. The second kappa shape index (κ2) is 3.68. The van der Waals surface area contributed by atoms with E-state index < -0.39 is 0 Å². The van der Waals surface area contributed by atoms with E-state index in [9.17, 15) is 0 Å².